The van der Waals surface area contributed by atoms with Gasteiger partial charge in [-0.1, -0.05) is 32.9 Å². The third-order valence-corrected chi connectivity index (χ3v) is 5.67. The molecule has 3 heterocycles. The lowest BCUT2D eigenvalue weighted by atomic mass is 10.2. The Kier molecular flexibility index (Phi) is 5.70. The van der Waals surface area contributed by atoms with Gasteiger partial charge in [0.05, 0.1) is 11.0 Å². The average molecular weight is 407 g/mol. The topological polar surface area (TPSA) is 67.2 Å². The first-order valence-corrected chi connectivity index (χ1v) is 10.8. The fourth-order valence-corrected chi connectivity index (χ4v) is 3.99. The van der Waals surface area contributed by atoms with Crippen molar-refractivity contribution in [1.29, 1.82) is 0 Å². The van der Waals surface area contributed by atoms with Crippen molar-refractivity contribution >= 4 is 22.8 Å². The van der Waals surface area contributed by atoms with Crippen LogP contribution in [0.25, 0.3) is 11.0 Å². The van der Waals surface area contributed by atoms with Gasteiger partial charge < -0.3 is 14.4 Å². The van der Waals surface area contributed by atoms with Crippen LogP contribution in [0.2, 0.25) is 0 Å². The molecule has 0 N–H and O–H groups in total. The summed E-state index contributed by atoms with van der Waals surface area (Å²) in [4.78, 5) is 31.2. The molecular weight excluding hydrogens is 376 g/mol. The summed E-state index contributed by atoms with van der Waals surface area (Å²) in [5.41, 5.74) is 2.97. The van der Waals surface area contributed by atoms with Gasteiger partial charge in [-0.15, -0.1) is 0 Å². The molecule has 7 heteroatoms. The molecule has 0 aliphatic carbocycles. The van der Waals surface area contributed by atoms with Gasteiger partial charge in [0.15, 0.2) is 0 Å². The van der Waals surface area contributed by atoms with Crippen LogP contribution in [0.15, 0.2) is 30.3 Å². The minimum atomic E-state index is 0.147. The lowest BCUT2D eigenvalue weighted by molar-refractivity contribution is -0.132. The van der Waals surface area contributed by atoms with E-state index in [-0.39, 0.29) is 5.91 Å². The molecule has 3 aromatic rings. The Bertz CT molecular complexity index is 1050. The van der Waals surface area contributed by atoms with E-state index in [9.17, 15) is 4.79 Å². The summed E-state index contributed by atoms with van der Waals surface area (Å²) < 4.78 is 2.06. The fourth-order valence-electron chi connectivity index (χ4n) is 3.99. The van der Waals surface area contributed by atoms with E-state index in [1.807, 2.05) is 42.2 Å². The lowest BCUT2D eigenvalue weighted by Crippen LogP contribution is -2.50. The Morgan fingerprint density at radius 1 is 1.07 bits per heavy atom. The number of carbonyl (C=O) groups is 1. The fraction of sp³-hybridized carbons (Fsp3) is 0.478. The molecule has 0 radical (unpaired) electrons. The predicted octanol–water partition coefficient (Wildman–Crippen LogP) is 3.17. The summed E-state index contributed by atoms with van der Waals surface area (Å²) in [5, 5.41) is 0. The molecule has 1 fully saturated rings. The van der Waals surface area contributed by atoms with Gasteiger partial charge in [-0.2, -0.15) is 0 Å². The van der Waals surface area contributed by atoms with Crippen LogP contribution < -0.4 is 4.90 Å². The highest BCUT2D eigenvalue weighted by atomic mass is 16.2. The summed E-state index contributed by atoms with van der Waals surface area (Å²) in [5.74, 6) is 3.24. The molecule has 4 rings (SSSR count). The van der Waals surface area contributed by atoms with Crippen LogP contribution in [-0.2, 0) is 17.8 Å². The van der Waals surface area contributed by atoms with E-state index >= 15 is 0 Å². The second kappa shape index (κ2) is 8.42. The zero-order valence-corrected chi connectivity index (χ0v) is 18.3. The summed E-state index contributed by atoms with van der Waals surface area (Å²) in [6, 6.07) is 10.1. The maximum Gasteiger partial charge on any atom is 0.242 e. The van der Waals surface area contributed by atoms with E-state index in [2.05, 4.69) is 40.2 Å². The maximum absolute atomic E-state index is 13.1. The molecule has 30 heavy (non-hydrogen) atoms. The number of para-hydroxylation sites is 2. The quantitative estimate of drug-likeness (QED) is 0.651. The zero-order chi connectivity index (χ0) is 21.3. The zero-order valence-electron chi connectivity index (χ0n) is 18.3. The third-order valence-electron chi connectivity index (χ3n) is 5.67. The number of aryl methyl sites for hydroxylation is 2. The smallest absolute Gasteiger partial charge is 0.242 e. The normalized spacial score (nSPS) is 14.7. The van der Waals surface area contributed by atoms with Gasteiger partial charge >= 0.3 is 0 Å². The number of anilines is 1. The second-order valence-corrected chi connectivity index (χ2v) is 8.20. The molecule has 1 saturated heterocycles. The monoisotopic (exact) mass is 406 g/mol. The van der Waals surface area contributed by atoms with Crippen LogP contribution >= 0.6 is 0 Å². The number of carbonyl (C=O) groups excluding carboxylic acids is 1. The number of rotatable bonds is 5. The Hall–Kier alpha value is -2.96. The Balaban J connectivity index is 1.44. The molecule has 0 bridgehead atoms. The van der Waals surface area contributed by atoms with Gasteiger partial charge in [-0.25, -0.2) is 15.0 Å². The molecule has 0 spiro atoms. The number of fused-ring (bicyclic) bond motifs is 1. The van der Waals surface area contributed by atoms with E-state index in [0.717, 1.165) is 53.7 Å². The number of hydrogen-bond donors (Lipinski definition) is 0. The molecule has 0 unspecified atom stereocenters. The molecule has 2 aromatic heterocycles. The maximum atomic E-state index is 13.1. The highest BCUT2D eigenvalue weighted by Gasteiger charge is 2.24. The van der Waals surface area contributed by atoms with Gasteiger partial charge in [0.25, 0.3) is 0 Å². The molecule has 1 aromatic carbocycles. The van der Waals surface area contributed by atoms with E-state index < -0.39 is 0 Å². The van der Waals surface area contributed by atoms with Gasteiger partial charge in [-0.3, -0.25) is 4.79 Å². The van der Waals surface area contributed by atoms with E-state index in [1.54, 1.807) is 0 Å². The minimum Gasteiger partial charge on any atom is -0.353 e. The average Bonchev–Trinajstić information content (AvgIpc) is 3.11. The number of hydrogen-bond acceptors (Lipinski definition) is 5. The van der Waals surface area contributed by atoms with Crippen molar-refractivity contribution in [2.75, 3.05) is 31.1 Å². The summed E-state index contributed by atoms with van der Waals surface area (Å²) in [6.45, 7) is 11.6. The predicted molar refractivity (Wildman–Crippen MR) is 119 cm³/mol. The third kappa shape index (κ3) is 4.01. The van der Waals surface area contributed by atoms with Gasteiger partial charge in [-0.05, 0) is 19.1 Å². The Labute approximate surface area is 177 Å². The molecule has 158 valence electrons. The van der Waals surface area contributed by atoms with Gasteiger partial charge in [0.1, 0.15) is 24.0 Å². The van der Waals surface area contributed by atoms with Crippen LogP contribution in [0, 0.1) is 6.92 Å². The van der Waals surface area contributed by atoms with Crippen molar-refractivity contribution in [1.82, 2.24) is 24.4 Å². The molecule has 1 aliphatic rings. The summed E-state index contributed by atoms with van der Waals surface area (Å²) >= 11 is 0. The highest BCUT2D eigenvalue weighted by Crippen LogP contribution is 2.20. The number of nitrogens with zero attached hydrogens (tertiary/aromatic N) is 6. The number of benzene rings is 1. The molecular formula is C23H30N6O. The van der Waals surface area contributed by atoms with E-state index in [4.69, 9.17) is 4.98 Å². The molecule has 7 nitrogen and oxygen atoms in total. The Morgan fingerprint density at radius 3 is 2.50 bits per heavy atom. The summed E-state index contributed by atoms with van der Waals surface area (Å²) in [7, 11) is 0. The van der Waals surface area contributed by atoms with Crippen LogP contribution in [0.4, 0.5) is 5.82 Å². The van der Waals surface area contributed by atoms with Crippen molar-refractivity contribution in [2.45, 2.75) is 46.6 Å². The van der Waals surface area contributed by atoms with Crippen molar-refractivity contribution in [3.8, 4) is 0 Å². The lowest BCUT2D eigenvalue weighted by Gasteiger charge is -2.35. The second-order valence-electron chi connectivity index (χ2n) is 8.20. The largest absolute Gasteiger partial charge is 0.353 e. The highest BCUT2D eigenvalue weighted by molar-refractivity contribution is 5.81. The minimum absolute atomic E-state index is 0.147. The van der Waals surface area contributed by atoms with Crippen LogP contribution in [-0.4, -0.2) is 56.5 Å². The molecule has 1 aliphatic heterocycles. The number of imidazole rings is 1. The van der Waals surface area contributed by atoms with Crippen LogP contribution in [0.1, 0.15) is 44.0 Å². The van der Waals surface area contributed by atoms with Gasteiger partial charge in [0, 0.05) is 50.3 Å². The van der Waals surface area contributed by atoms with E-state index in [0.29, 0.717) is 25.6 Å². The standard InChI is InChI=1S/C23H30N6O/c1-5-20-25-18-8-6-7-9-19(18)29(20)15-22(30)28-12-10-27(11-13-28)21-14-17(4)24-23(26-21)16(2)3/h6-9,14,16H,5,10-13,15H2,1-4H3. The Morgan fingerprint density at radius 2 is 1.80 bits per heavy atom. The van der Waals surface area contributed by atoms with Crippen molar-refractivity contribution in [3.63, 3.8) is 0 Å². The van der Waals surface area contributed by atoms with Crippen LogP contribution in [0.5, 0.6) is 0 Å². The molecule has 0 atom stereocenters. The molecule has 0 saturated carbocycles. The van der Waals surface area contributed by atoms with E-state index in [1.165, 1.54) is 0 Å². The number of amides is 1. The van der Waals surface area contributed by atoms with Gasteiger partial charge in [0.2, 0.25) is 5.91 Å². The van der Waals surface area contributed by atoms with Crippen molar-refractivity contribution in [3.05, 3.63) is 47.7 Å². The number of aromatic nitrogens is 4. The van der Waals surface area contributed by atoms with Crippen LogP contribution in [0.3, 0.4) is 0 Å². The molecule has 1 amide bonds. The number of piperazine rings is 1. The van der Waals surface area contributed by atoms with Crippen molar-refractivity contribution < 1.29 is 4.79 Å². The SMILES string of the molecule is CCc1nc2ccccc2n1CC(=O)N1CCN(c2cc(C)nc(C(C)C)n2)CC1. The first-order chi connectivity index (χ1) is 14.5. The van der Waals surface area contributed by atoms with Crippen molar-refractivity contribution in [2.24, 2.45) is 0 Å². The first-order valence-electron chi connectivity index (χ1n) is 10.8. The first kappa shape index (κ1) is 20.3. The summed E-state index contributed by atoms with van der Waals surface area (Å²) in [6.07, 6.45) is 0.807.